The molecule has 2 rings (SSSR count). The van der Waals surface area contributed by atoms with E-state index in [1.165, 1.54) is 19.1 Å². The molecule has 0 atom stereocenters. The Morgan fingerprint density at radius 2 is 1.92 bits per heavy atom. The van der Waals surface area contributed by atoms with Crippen molar-refractivity contribution in [2.75, 3.05) is 5.32 Å². The molecular weight excluding hydrogens is 371 g/mol. The summed E-state index contributed by atoms with van der Waals surface area (Å²) in [7, 11) is 0. The van der Waals surface area contributed by atoms with Crippen molar-refractivity contribution in [1.82, 2.24) is 4.98 Å². The fraction of sp³-hybridized carbons (Fsp3) is 0.200. The number of carbonyl (C=O) groups excluding carboxylic acids is 1. The highest BCUT2D eigenvalue weighted by Crippen LogP contribution is 2.30. The van der Waals surface area contributed by atoms with Gasteiger partial charge in [0.15, 0.2) is 0 Å². The number of amides is 1. The van der Waals surface area contributed by atoms with E-state index in [4.69, 9.17) is 11.6 Å². The van der Waals surface area contributed by atoms with E-state index in [1.54, 1.807) is 0 Å². The standard InChI is InChI=1S/C15H10ClF5N2O2/c1-7-9(3-5-12(22-7)15(19,20)21)13(24)23-8-2-4-11(10(16)6-8)25-14(17)18/h2-6,14H,1H3,(H,23,24). The number of pyridine rings is 1. The smallest absolute Gasteiger partial charge is 0.433 e. The molecule has 0 aliphatic carbocycles. The molecule has 1 aromatic carbocycles. The van der Waals surface area contributed by atoms with Crippen molar-refractivity contribution in [3.05, 3.63) is 52.3 Å². The number of benzene rings is 1. The molecule has 2 aromatic rings. The van der Waals surface area contributed by atoms with Gasteiger partial charge in [-0.25, -0.2) is 4.98 Å². The monoisotopic (exact) mass is 380 g/mol. The number of aryl methyl sites for hydroxylation is 1. The van der Waals surface area contributed by atoms with Crippen molar-refractivity contribution in [3.63, 3.8) is 0 Å². The molecule has 1 heterocycles. The second kappa shape index (κ2) is 7.22. The number of ether oxygens (including phenoxy) is 1. The van der Waals surface area contributed by atoms with Crippen LogP contribution in [0.1, 0.15) is 21.7 Å². The third-order valence-electron chi connectivity index (χ3n) is 3.03. The van der Waals surface area contributed by atoms with E-state index in [0.29, 0.717) is 6.07 Å². The van der Waals surface area contributed by atoms with Crippen LogP contribution in [-0.4, -0.2) is 17.5 Å². The van der Waals surface area contributed by atoms with Gasteiger partial charge in [-0.2, -0.15) is 22.0 Å². The molecule has 0 aliphatic heterocycles. The SMILES string of the molecule is Cc1nc(C(F)(F)F)ccc1C(=O)Nc1ccc(OC(F)F)c(Cl)c1. The van der Waals surface area contributed by atoms with Crippen molar-refractivity contribution in [1.29, 1.82) is 0 Å². The Morgan fingerprint density at radius 3 is 2.44 bits per heavy atom. The molecule has 0 saturated carbocycles. The molecule has 0 unspecified atom stereocenters. The summed E-state index contributed by atoms with van der Waals surface area (Å²) < 4.78 is 66.2. The van der Waals surface area contributed by atoms with Crippen LogP contribution in [0.3, 0.4) is 0 Å². The molecule has 0 saturated heterocycles. The number of nitrogens with zero attached hydrogens (tertiary/aromatic N) is 1. The first-order valence-corrected chi connectivity index (χ1v) is 7.06. The predicted octanol–water partition coefficient (Wildman–Crippen LogP) is 4.92. The molecule has 0 radical (unpaired) electrons. The molecule has 1 amide bonds. The number of rotatable bonds is 4. The zero-order valence-electron chi connectivity index (χ0n) is 12.5. The van der Waals surface area contributed by atoms with Crippen LogP contribution in [0.15, 0.2) is 30.3 Å². The number of carbonyl (C=O) groups is 1. The van der Waals surface area contributed by atoms with E-state index < -0.39 is 24.4 Å². The molecule has 0 aliphatic rings. The summed E-state index contributed by atoms with van der Waals surface area (Å²) in [6, 6.07) is 5.24. The topological polar surface area (TPSA) is 51.2 Å². The highest BCUT2D eigenvalue weighted by molar-refractivity contribution is 6.32. The molecule has 0 spiro atoms. The highest BCUT2D eigenvalue weighted by atomic mass is 35.5. The normalized spacial score (nSPS) is 11.5. The minimum atomic E-state index is -4.62. The Balaban J connectivity index is 2.18. The third kappa shape index (κ3) is 4.79. The lowest BCUT2D eigenvalue weighted by Gasteiger charge is -2.12. The third-order valence-corrected chi connectivity index (χ3v) is 3.32. The maximum absolute atomic E-state index is 12.6. The van der Waals surface area contributed by atoms with Crippen molar-refractivity contribution in [3.8, 4) is 5.75 Å². The van der Waals surface area contributed by atoms with Gasteiger partial charge in [0.2, 0.25) is 0 Å². The van der Waals surface area contributed by atoms with Crippen molar-refractivity contribution in [2.45, 2.75) is 19.7 Å². The summed E-state index contributed by atoms with van der Waals surface area (Å²) in [6.07, 6.45) is -4.62. The maximum Gasteiger partial charge on any atom is 0.433 e. The number of alkyl halides is 5. The van der Waals surface area contributed by atoms with Gasteiger partial charge in [0.1, 0.15) is 11.4 Å². The van der Waals surface area contributed by atoms with Crippen molar-refractivity contribution < 1.29 is 31.5 Å². The quantitative estimate of drug-likeness (QED) is 0.766. The Bertz CT molecular complexity index is 796. The first-order chi connectivity index (χ1) is 11.6. The van der Waals surface area contributed by atoms with Crippen LogP contribution in [0, 0.1) is 6.92 Å². The zero-order valence-corrected chi connectivity index (χ0v) is 13.3. The van der Waals surface area contributed by atoms with Crippen LogP contribution >= 0.6 is 11.6 Å². The molecule has 1 aromatic heterocycles. The van der Waals surface area contributed by atoms with E-state index in [0.717, 1.165) is 12.1 Å². The number of nitrogens with one attached hydrogen (secondary N) is 1. The minimum absolute atomic E-state index is 0.0722. The number of hydrogen-bond donors (Lipinski definition) is 1. The summed E-state index contributed by atoms with van der Waals surface area (Å²) in [6.45, 7) is -1.80. The highest BCUT2D eigenvalue weighted by Gasteiger charge is 2.33. The molecule has 1 N–H and O–H groups in total. The summed E-state index contributed by atoms with van der Waals surface area (Å²) in [5, 5.41) is 2.22. The molecule has 0 bridgehead atoms. The Labute approximate surface area is 143 Å². The van der Waals surface area contributed by atoms with Crippen LogP contribution in [0.4, 0.5) is 27.6 Å². The number of hydrogen-bond acceptors (Lipinski definition) is 3. The van der Waals surface area contributed by atoms with Crippen LogP contribution < -0.4 is 10.1 Å². The zero-order chi connectivity index (χ0) is 18.8. The average molecular weight is 381 g/mol. The molecule has 134 valence electrons. The number of aromatic nitrogens is 1. The Morgan fingerprint density at radius 1 is 1.24 bits per heavy atom. The van der Waals surface area contributed by atoms with Crippen molar-refractivity contribution >= 4 is 23.2 Å². The van der Waals surface area contributed by atoms with E-state index in [9.17, 15) is 26.7 Å². The van der Waals surface area contributed by atoms with Gasteiger partial charge in [0.25, 0.3) is 5.91 Å². The van der Waals surface area contributed by atoms with E-state index in [-0.39, 0.29) is 27.7 Å². The van der Waals surface area contributed by atoms with Gasteiger partial charge >= 0.3 is 12.8 Å². The predicted molar refractivity (Wildman–Crippen MR) is 80.0 cm³/mol. The summed E-state index contributed by atoms with van der Waals surface area (Å²) >= 11 is 5.76. The van der Waals surface area contributed by atoms with E-state index in [2.05, 4.69) is 15.0 Å². The minimum Gasteiger partial charge on any atom is -0.433 e. The number of anilines is 1. The second-order valence-corrected chi connectivity index (χ2v) is 5.21. The summed E-state index contributed by atoms with van der Waals surface area (Å²) in [4.78, 5) is 15.5. The number of halogens is 6. The van der Waals surface area contributed by atoms with Gasteiger partial charge in [-0.05, 0) is 37.3 Å². The first-order valence-electron chi connectivity index (χ1n) is 6.68. The largest absolute Gasteiger partial charge is 0.433 e. The van der Waals surface area contributed by atoms with Crippen LogP contribution in [0.5, 0.6) is 5.75 Å². The van der Waals surface area contributed by atoms with E-state index in [1.807, 2.05) is 0 Å². The lowest BCUT2D eigenvalue weighted by atomic mass is 10.1. The summed E-state index contributed by atoms with van der Waals surface area (Å²) in [5.41, 5.74) is -1.15. The van der Waals surface area contributed by atoms with Gasteiger partial charge in [-0.1, -0.05) is 11.6 Å². The fourth-order valence-electron chi connectivity index (χ4n) is 1.93. The van der Waals surface area contributed by atoms with Gasteiger partial charge in [0, 0.05) is 5.69 Å². The second-order valence-electron chi connectivity index (χ2n) is 4.81. The Kier molecular flexibility index (Phi) is 5.46. The molecular formula is C15H10ClF5N2O2. The van der Waals surface area contributed by atoms with Gasteiger partial charge < -0.3 is 10.1 Å². The van der Waals surface area contributed by atoms with E-state index >= 15 is 0 Å². The summed E-state index contributed by atoms with van der Waals surface area (Å²) in [5.74, 6) is -1.00. The van der Waals surface area contributed by atoms with Crippen LogP contribution in [0.2, 0.25) is 5.02 Å². The average Bonchev–Trinajstić information content (AvgIpc) is 2.48. The van der Waals surface area contributed by atoms with Crippen LogP contribution in [0.25, 0.3) is 0 Å². The first kappa shape index (κ1) is 18.9. The van der Waals surface area contributed by atoms with Gasteiger partial charge in [-0.3, -0.25) is 4.79 Å². The van der Waals surface area contributed by atoms with Crippen LogP contribution in [-0.2, 0) is 6.18 Å². The molecule has 25 heavy (non-hydrogen) atoms. The van der Waals surface area contributed by atoms with Gasteiger partial charge in [-0.15, -0.1) is 0 Å². The molecule has 10 heteroatoms. The lowest BCUT2D eigenvalue weighted by Crippen LogP contribution is -2.16. The van der Waals surface area contributed by atoms with Gasteiger partial charge in [0.05, 0.1) is 16.3 Å². The van der Waals surface area contributed by atoms with Crippen molar-refractivity contribution in [2.24, 2.45) is 0 Å². The lowest BCUT2D eigenvalue weighted by molar-refractivity contribution is -0.141. The molecule has 0 fully saturated rings. The Hall–Kier alpha value is -2.42. The fourth-order valence-corrected chi connectivity index (χ4v) is 2.15. The molecule has 4 nitrogen and oxygen atoms in total. The maximum atomic E-state index is 12.6.